The lowest BCUT2D eigenvalue weighted by molar-refractivity contribution is 0.0941. The third kappa shape index (κ3) is 3.03. The molecular formula is C20H21N3O3. The van der Waals surface area contributed by atoms with Gasteiger partial charge in [0.1, 0.15) is 5.75 Å². The summed E-state index contributed by atoms with van der Waals surface area (Å²) in [5, 5.41) is 7.74. The number of methoxy groups -OCH3 is 1. The number of benzene rings is 1. The molecule has 26 heavy (non-hydrogen) atoms. The van der Waals surface area contributed by atoms with Crippen molar-refractivity contribution in [2.75, 3.05) is 7.11 Å². The maximum atomic E-state index is 13.0. The van der Waals surface area contributed by atoms with Crippen molar-refractivity contribution in [1.82, 2.24) is 15.5 Å². The molecule has 1 saturated carbocycles. The van der Waals surface area contributed by atoms with Gasteiger partial charge in [-0.25, -0.2) is 4.98 Å². The quantitative estimate of drug-likeness (QED) is 0.754. The van der Waals surface area contributed by atoms with E-state index >= 15 is 0 Å². The molecule has 4 rings (SSSR count). The number of amides is 1. The maximum Gasteiger partial charge on any atom is 0.259 e. The summed E-state index contributed by atoms with van der Waals surface area (Å²) in [5.74, 6) is 1.04. The second-order valence-corrected chi connectivity index (χ2v) is 6.79. The van der Waals surface area contributed by atoms with Gasteiger partial charge < -0.3 is 14.6 Å². The van der Waals surface area contributed by atoms with Crippen molar-refractivity contribution in [2.45, 2.75) is 38.6 Å². The van der Waals surface area contributed by atoms with E-state index in [9.17, 15) is 4.79 Å². The van der Waals surface area contributed by atoms with Crippen LogP contribution in [0.5, 0.6) is 5.75 Å². The molecule has 3 aromatic rings. The number of pyridine rings is 1. The number of ether oxygens (including phenoxy) is 1. The third-order valence-electron chi connectivity index (χ3n) is 4.82. The topological polar surface area (TPSA) is 77.2 Å². The Morgan fingerprint density at radius 1 is 1.35 bits per heavy atom. The summed E-state index contributed by atoms with van der Waals surface area (Å²) in [6, 6.07) is 9.41. The average molecular weight is 351 g/mol. The molecule has 1 amide bonds. The molecule has 2 aromatic heterocycles. The lowest BCUT2D eigenvalue weighted by atomic mass is 10.0. The Labute approximate surface area is 151 Å². The van der Waals surface area contributed by atoms with Crippen molar-refractivity contribution in [3.63, 3.8) is 0 Å². The highest BCUT2D eigenvalue weighted by Gasteiger charge is 2.29. The number of rotatable bonds is 5. The van der Waals surface area contributed by atoms with Crippen LogP contribution in [0, 0.1) is 6.92 Å². The van der Waals surface area contributed by atoms with E-state index in [0.717, 1.165) is 29.8 Å². The van der Waals surface area contributed by atoms with Crippen molar-refractivity contribution >= 4 is 17.0 Å². The van der Waals surface area contributed by atoms with Gasteiger partial charge in [-0.05, 0) is 50.5 Å². The van der Waals surface area contributed by atoms with Gasteiger partial charge in [0.2, 0.25) is 0 Å². The molecule has 0 saturated heterocycles. The monoisotopic (exact) mass is 351 g/mol. The van der Waals surface area contributed by atoms with Crippen LogP contribution in [0.25, 0.3) is 11.1 Å². The zero-order valence-corrected chi connectivity index (χ0v) is 15.1. The number of fused-ring (bicyclic) bond motifs is 1. The molecule has 1 N–H and O–H groups in total. The molecule has 1 unspecified atom stereocenters. The Morgan fingerprint density at radius 3 is 2.88 bits per heavy atom. The van der Waals surface area contributed by atoms with E-state index < -0.39 is 0 Å². The molecule has 6 nitrogen and oxygen atoms in total. The molecule has 2 heterocycles. The lowest BCUT2D eigenvalue weighted by Crippen LogP contribution is -2.27. The van der Waals surface area contributed by atoms with Crippen LogP contribution in [-0.4, -0.2) is 23.2 Å². The molecule has 1 aromatic carbocycles. The van der Waals surface area contributed by atoms with Crippen molar-refractivity contribution in [3.05, 3.63) is 52.8 Å². The largest absolute Gasteiger partial charge is 0.497 e. The first-order valence-electron chi connectivity index (χ1n) is 8.78. The molecule has 0 bridgehead atoms. The van der Waals surface area contributed by atoms with Gasteiger partial charge in [-0.15, -0.1) is 0 Å². The lowest BCUT2D eigenvalue weighted by Gasteiger charge is -2.16. The van der Waals surface area contributed by atoms with Crippen LogP contribution in [0.2, 0.25) is 0 Å². The summed E-state index contributed by atoms with van der Waals surface area (Å²) < 4.78 is 10.6. The number of carbonyl (C=O) groups excluding carboxylic acids is 1. The van der Waals surface area contributed by atoms with Gasteiger partial charge in [0.25, 0.3) is 11.6 Å². The Bertz CT molecular complexity index is 976. The van der Waals surface area contributed by atoms with E-state index in [0.29, 0.717) is 28.3 Å². The van der Waals surface area contributed by atoms with Gasteiger partial charge >= 0.3 is 0 Å². The first-order valence-corrected chi connectivity index (χ1v) is 8.78. The fourth-order valence-electron chi connectivity index (χ4n) is 3.15. The number of nitrogens with zero attached hydrogens (tertiary/aromatic N) is 2. The van der Waals surface area contributed by atoms with Crippen molar-refractivity contribution in [2.24, 2.45) is 0 Å². The molecule has 134 valence electrons. The van der Waals surface area contributed by atoms with Gasteiger partial charge in [0, 0.05) is 11.6 Å². The second-order valence-electron chi connectivity index (χ2n) is 6.79. The highest BCUT2D eigenvalue weighted by molar-refractivity contribution is 6.06. The van der Waals surface area contributed by atoms with Gasteiger partial charge in [0.05, 0.1) is 29.8 Å². The Hall–Kier alpha value is -2.89. The molecular weight excluding hydrogens is 330 g/mol. The van der Waals surface area contributed by atoms with Gasteiger partial charge in [-0.2, -0.15) is 0 Å². The predicted molar refractivity (Wildman–Crippen MR) is 97.4 cm³/mol. The number of hydrogen-bond donors (Lipinski definition) is 1. The summed E-state index contributed by atoms with van der Waals surface area (Å²) in [6.45, 7) is 3.78. The molecule has 6 heteroatoms. The number of carbonyl (C=O) groups is 1. The van der Waals surface area contributed by atoms with Crippen molar-refractivity contribution in [3.8, 4) is 5.75 Å². The minimum atomic E-state index is -0.162. The predicted octanol–water partition coefficient (Wildman–Crippen LogP) is 3.91. The zero-order valence-electron chi connectivity index (χ0n) is 15.1. The summed E-state index contributed by atoms with van der Waals surface area (Å²) in [5.41, 5.74) is 3.57. The SMILES string of the molecule is COc1cccc(C(C)NC(=O)c2cc(C3CC3)nc3onc(C)c23)c1. The van der Waals surface area contributed by atoms with E-state index in [1.54, 1.807) is 7.11 Å². The standard InChI is InChI=1S/C20H21N3O3/c1-11(14-5-4-6-15(9-14)25-3)21-19(24)16-10-17(13-7-8-13)22-20-18(16)12(2)23-26-20/h4-6,9-11,13H,7-8H2,1-3H3,(H,21,24). The number of aromatic nitrogens is 2. The molecule has 1 aliphatic carbocycles. The Kier molecular flexibility index (Phi) is 4.11. The van der Waals surface area contributed by atoms with E-state index in [4.69, 9.17) is 9.26 Å². The minimum absolute atomic E-state index is 0.152. The van der Waals surface area contributed by atoms with E-state index in [1.165, 1.54) is 0 Å². The van der Waals surface area contributed by atoms with Crippen LogP contribution < -0.4 is 10.1 Å². The van der Waals surface area contributed by atoms with Crippen LogP contribution in [0.3, 0.4) is 0 Å². The smallest absolute Gasteiger partial charge is 0.259 e. The fourth-order valence-corrected chi connectivity index (χ4v) is 3.15. The summed E-state index contributed by atoms with van der Waals surface area (Å²) in [4.78, 5) is 17.5. The molecule has 1 atom stereocenters. The normalized spacial score (nSPS) is 15.0. The molecule has 0 spiro atoms. The van der Waals surface area contributed by atoms with Crippen LogP contribution in [0.15, 0.2) is 34.9 Å². The highest BCUT2D eigenvalue weighted by atomic mass is 16.5. The zero-order chi connectivity index (χ0) is 18.3. The van der Waals surface area contributed by atoms with E-state index in [-0.39, 0.29) is 11.9 Å². The van der Waals surface area contributed by atoms with Crippen molar-refractivity contribution in [1.29, 1.82) is 0 Å². The summed E-state index contributed by atoms with van der Waals surface area (Å²) >= 11 is 0. The van der Waals surface area contributed by atoms with Gasteiger partial charge in [-0.3, -0.25) is 4.79 Å². The van der Waals surface area contributed by atoms with Crippen LogP contribution in [-0.2, 0) is 0 Å². The fraction of sp³-hybridized carbons (Fsp3) is 0.350. The van der Waals surface area contributed by atoms with Gasteiger partial charge in [-0.1, -0.05) is 17.3 Å². The average Bonchev–Trinajstić information content (AvgIpc) is 3.44. The number of hydrogen-bond acceptors (Lipinski definition) is 5. The Balaban J connectivity index is 1.66. The van der Waals surface area contributed by atoms with E-state index in [2.05, 4.69) is 15.5 Å². The van der Waals surface area contributed by atoms with Crippen LogP contribution in [0.4, 0.5) is 0 Å². The third-order valence-corrected chi connectivity index (χ3v) is 4.82. The van der Waals surface area contributed by atoms with E-state index in [1.807, 2.05) is 44.2 Å². The summed E-state index contributed by atoms with van der Waals surface area (Å²) in [6.07, 6.45) is 2.21. The molecule has 1 aliphatic rings. The number of aryl methyl sites for hydroxylation is 1. The first-order chi connectivity index (χ1) is 12.6. The highest BCUT2D eigenvalue weighted by Crippen LogP contribution is 2.40. The second kappa shape index (κ2) is 6.44. The van der Waals surface area contributed by atoms with Crippen LogP contribution in [0.1, 0.15) is 59.0 Å². The molecule has 0 aliphatic heterocycles. The maximum absolute atomic E-state index is 13.0. The minimum Gasteiger partial charge on any atom is -0.497 e. The first kappa shape index (κ1) is 16.6. The van der Waals surface area contributed by atoms with Crippen molar-refractivity contribution < 1.29 is 14.1 Å². The van der Waals surface area contributed by atoms with Gasteiger partial charge in [0.15, 0.2) is 0 Å². The molecule has 0 radical (unpaired) electrons. The van der Waals surface area contributed by atoms with Crippen LogP contribution >= 0.6 is 0 Å². The Morgan fingerprint density at radius 2 is 2.15 bits per heavy atom. The summed E-state index contributed by atoms with van der Waals surface area (Å²) in [7, 11) is 1.63. The number of nitrogens with one attached hydrogen (secondary N) is 1. The molecule has 1 fully saturated rings.